The van der Waals surface area contributed by atoms with Gasteiger partial charge in [-0.3, -0.25) is 14.6 Å². The summed E-state index contributed by atoms with van der Waals surface area (Å²) in [5, 5.41) is 3.19. The molecule has 2 aromatic carbocycles. The van der Waals surface area contributed by atoms with Gasteiger partial charge in [0.15, 0.2) is 0 Å². The number of nitrogens with one attached hydrogen (secondary N) is 1. The van der Waals surface area contributed by atoms with Crippen LogP contribution in [0.3, 0.4) is 0 Å². The molecule has 0 unspecified atom stereocenters. The fraction of sp³-hybridized carbons (Fsp3) is 0.154. The van der Waals surface area contributed by atoms with Crippen LogP contribution in [0.25, 0.3) is 33.2 Å². The monoisotopic (exact) mass is 561 g/mol. The lowest BCUT2D eigenvalue weighted by molar-refractivity contribution is -0.137. The maximum absolute atomic E-state index is 14.0. The number of primary amides is 1. The SMILES string of the molecule is CN(C)CC(=O)Nc1nc2ccncc2cc1-c1c(Cl)ccc(-c2c(C(N)=O)cccc2C(F)(F)F)c1Cl. The molecule has 2 aromatic heterocycles. The van der Waals surface area contributed by atoms with Crippen molar-refractivity contribution < 1.29 is 22.8 Å². The van der Waals surface area contributed by atoms with E-state index in [-0.39, 0.29) is 50.6 Å². The molecule has 12 heteroatoms. The fourth-order valence-electron chi connectivity index (χ4n) is 4.04. The molecule has 3 N–H and O–H groups in total. The minimum absolute atomic E-state index is 0.0396. The predicted octanol–water partition coefficient (Wildman–Crippen LogP) is 5.89. The van der Waals surface area contributed by atoms with Crippen LogP contribution in [0, 0.1) is 0 Å². The number of halogens is 5. The van der Waals surface area contributed by atoms with Crippen LogP contribution in [0.2, 0.25) is 10.0 Å². The fourth-order valence-corrected chi connectivity index (χ4v) is 4.71. The summed E-state index contributed by atoms with van der Waals surface area (Å²) in [6.07, 6.45) is -1.75. The molecule has 0 bridgehead atoms. The predicted molar refractivity (Wildman–Crippen MR) is 141 cm³/mol. The second-order valence-electron chi connectivity index (χ2n) is 8.61. The Morgan fingerprint density at radius 1 is 1.05 bits per heavy atom. The molecule has 4 aromatic rings. The van der Waals surface area contributed by atoms with Crippen molar-refractivity contribution in [2.24, 2.45) is 5.73 Å². The topological polar surface area (TPSA) is 101 Å². The lowest BCUT2D eigenvalue weighted by atomic mass is 9.91. The second-order valence-corrected chi connectivity index (χ2v) is 9.40. The number of carbonyl (C=O) groups excluding carboxylic acids is 2. The number of fused-ring (bicyclic) bond motifs is 1. The summed E-state index contributed by atoms with van der Waals surface area (Å²) in [6, 6.07) is 9.02. The molecule has 0 saturated carbocycles. The Labute approximate surface area is 225 Å². The van der Waals surface area contributed by atoms with Gasteiger partial charge in [0, 0.05) is 45.6 Å². The van der Waals surface area contributed by atoms with Crippen LogP contribution in [0.5, 0.6) is 0 Å². The largest absolute Gasteiger partial charge is 0.417 e. The van der Waals surface area contributed by atoms with Gasteiger partial charge in [0.1, 0.15) is 5.82 Å². The minimum Gasteiger partial charge on any atom is -0.366 e. The van der Waals surface area contributed by atoms with Crippen LogP contribution in [-0.4, -0.2) is 47.3 Å². The van der Waals surface area contributed by atoms with Crippen molar-refractivity contribution in [2.45, 2.75) is 6.18 Å². The van der Waals surface area contributed by atoms with Gasteiger partial charge in [-0.1, -0.05) is 35.3 Å². The van der Waals surface area contributed by atoms with Crippen molar-refractivity contribution >= 4 is 51.7 Å². The average Bonchev–Trinajstić information content (AvgIpc) is 2.83. The molecule has 0 saturated heterocycles. The third-order valence-electron chi connectivity index (χ3n) is 5.60. The van der Waals surface area contributed by atoms with E-state index in [2.05, 4.69) is 15.3 Å². The molecule has 0 aliphatic rings. The molecular formula is C26H20Cl2F3N5O2. The number of hydrogen-bond acceptors (Lipinski definition) is 5. The molecule has 7 nitrogen and oxygen atoms in total. The summed E-state index contributed by atoms with van der Waals surface area (Å²) < 4.78 is 42.0. The highest BCUT2D eigenvalue weighted by Gasteiger charge is 2.36. The summed E-state index contributed by atoms with van der Waals surface area (Å²) in [7, 11) is 3.43. The normalized spacial score (nSPS) is 11.7. The Morgan fingerprint density at radius 3 is 2.45 bits per heavy atom. The molecule has 2 amide bonds. The molecule has 0 atom stereocenters. The van der Waals surface area contributed by atoms with Gasteiger partial charge in [-0.15, -0.1) is 0 Å². The van der Waals surface area contributed by atoms with Crippen molar-refractivity contribution in [1.82, 2.24) is 14.9 Å². The number of alkyl halides is 3. The number of carbonyl (C=O) groups is 2. The molecular weight excluding hydrogens is 542 g/mol. The van der Waals surface area contributed by atoms with Gasteiger partial charge in [-0.05, 0) is 44.4 Å². The van der Waals surface area contributed by atoms with Crippen LogP contribution in [0.15, 0.2) is 54.9 Å². The van der Waals surface area contributed by atoms with E-state index in [0.29, 0.717) is 10.9 Å². The lowest BCUT2D eigenvalue weighted by Gasteiger charge is -2.20. The quantitative estimate of drug-likeness (QED) is 0.305. The first-order chi connectivity index (χ1) is 17.9. The minimum atomic E-state index is -4.81. The number of nitrogens with zero attached hydrogens (tertiary/aromatic N) is 3. The van der Waals surface area contributed by atoms with Crippen molar-refractivity contribution in [2.75, 3.05) is 26.0 Å². The molecule has 0 radical (unpaired) electrons. The highest BCUT2D eigenvalue weighted by Crippen LogP contribution is 2.47. The van der Waals surface area contributed by atoms with Gasteiger partial charge in [0.25, 0.3) is 0 Å². The van der Waals surface area contributed by atoms with Crippen LogP contribution in [0.1, 0.15) is 15.9 Å². The number of nitrogens with two attached hydrogens (primary N) is 1. The number of hydrogen-bond donors (Lipinski definition) is 2. The zero-order chi connectivity index (χ0) is 27.8. The molecule has 196 valence electrons. The Morgan fingerprint density at radius 2 is 1.79 bits per heavy atom. The summed E-state index contributed by atoms with van der Waals surface area (Å²) in [6.45, 7) is 0.0396. The smallest absolute Gasteiger partial charge is 0.366 e. The third kappa shape index (κ3) is 5.42. The summed E-state index contributed by atoms with van der Waals surface area (Å²) in [5.41, 5.74) is 4.23. The highest BCUT2D eigenvalue weighted by molar-refractivity contribution is 6.41. The van der Waals surface area contributed by atoms with Crippen molar-refractivity contribution in [3.63, 3.8) is 0 Å². The van der Waals surface area contributed by atoms with Crippen LogP contribution in [-0.2, 0) is 11.0 Å². The molecule has 2 heterocycles. The summed E-state index contributed by atoms with van der Waals surface area (Å²) in [4.78, 5) is 35.0. The number of likely N-dealkylation sites (N-methyl/N-ethyl adjacent to an activating group) is 1. The maximum atomic E-state index is 14.0. The Hall–Kier alpha value is -3.73. The van der Waals surface area contributed by atoms with E-state index >= 15 is 0 Å². The zero-order valence-corrected chi connectivity index (χ0v) is 21.5. The first-order valence-corrected chi connectivity index (χ1v) is 11.8. The first-order valence-electron chi connectivity index (χ1n) is 11.1. The summed E-state index contributed by atoms with van der Waals surface area (Å²) in [5.74, 6) is -1.36. The number of aromatic nitrogens is 2. The molecule has 4 rings (SSSR count). The van der Waals surface area contributed by atoms with Gasteiger partial charge in [0.2, 0.25) is 11.8 Å². The lowest BCUT2D eigenvalue weighted by Crippen LogP contribution is -2.27. The number of rotatable bonds is 6. The van der Waals surface area contributed by atoms with E-state index in [1.54, 1.807) is 31.1 Å². The van der Waals surface area contributed by atoms with E-state index in [1.807, 2.05) is 0 Å². The molecule has 0 aliphatic heterocycles. The number of pyridine rings is 2. The van der Waals surface area contributed by atoms with Gasteiger partial charge < -0.3 is 16.0 Å². The van der Waals surface area contributed by atoms with E-state index in [1.165, 1.54) is 30.6 Å². The Kier molecular flexibility index (Phi) is 7.59. The molecule has 0 fully saturated rings. The molecule has 0 spiro atoms. The Balaban J connectivity index is 2.03. The molecule has 38 heavy (non-hydrogen) atoms. The number of amides is 2. The zero-order valence-electron chi connectivity index (χ0n) is 20.0. The van der Waals surface area contributed by atoms with Crippen molar-refractivity contribution in [3.05, 3.63) is 76.0 Å². The van der Waals surface area contributed by atoms with E-state index in [4.69, 9.17) is 28.9 Å². The first kappa shape index (κ1) is 27.3. The van der Waals surface area contributed by atoms with Crippen LogP contribution >= 0.6 is 23.2 Å². The standard InChI is InChI=1S/C26H20Cl2F3N5O2/c1-36(2)12-20(37)35-25-16(10-13-11-33-9-8-19(13)34-25)22-18(27)7-6-14(23(22)28)21-15(24(32)38)4-3-5-17(21)26(29,30)31/h3-11H,12H2,1-2H3,(H2,32,38)(H,34,35,37). The summed E-state index contributed by atoms with van der Waals surface area (Å²) >= 11 is 13.3. The van der Waals surface area contributed by atoms with Crippen LogP contribution < -0.4 is 11.1 Å². The van der Waals surface area contributed by atoms with Gasteiger partial charge in [0.05, 0.1) is 27.7 Å². The van der Waals surface area contributed by atoms with E-state index < -0.39 is 23.2 Å². The second kappa shape index (κ2) is 10.6. The van der Waals surface area contributed by atoms with Crippen LogP contribution in [0.4, 0.5) is 19.0 Å². The highest BCUT2D eigenvalue weighted by atomic mass is 35.5. The van der Waals surface area contributed by atoms with Gasteiger partial charge in [-0.25, -0.2) is 4.98 Å². The van der Waals surface area contributed by atoms with E-state index in [9.17, 15) is 22.8 Å². The number of benzene rings is 2. The van der Waals surface area contributed by atoms with Crippen molar-refractivity contribution in [1.29, 1.82) is 0 Å². The third-order valence-corrected chi connectivity index (χ3v) is 6.31. The van der Waals surface area contributed by atoms with E-state index in [0.717, 1.165) is 12.1 Å². The number of anilines is 1. The van der Waals surface area contributed by atoms with Gasteiger partial charge in [-0.2, -0.15) is 13.2 Å². The average molecular weight is 562 g/mol. The Bertz CT molecular complexity index is 1580. The maximum Gasteiger partial charge on any atom is 0.417 e. The van der Waals surface area contributed by atoms with Crippen molar-refractivity contribution in [3.8, 4) is 22.3 Å². The van der Waals surface area contributed by atoms with Gasteiger partial charge >= 0.3 is 6.18 Å². The molecule has 0 aliphatic carbocycles.